The number of aromatic hydroxyl groups is 1. The molecule has 0 saturated heterocycles. The minimum absolute atomic E-state index is 0.233. The average molecular weight is 379 g/mol. The average Bonchev–Trinajstić information content (AvgIpc) is 2.92. The smallest absolute Gasteiger partial charge is 0.194 e. The van der Waals surface area contributed by atoms with Crippen molar-refractivity contribution in [1.29, 1.82) is 0 Å². The molecule has 6 nitrogen and oxygen atoms in total. The van der Waals surface area contributed by atoms with Gasteiger partial charge in [-0.1, -0.05) is 17.7 Å². The summed E-state index contributed by atoms with van der Waals surface area (Å²) in [7, 11) is 5.55. The quantitative estimate of drug-likeness (QED) is 0.574. The SMILES string of the molecule is CCNC(=NCCc1ccc(OC)cc1O)N(C)Cc1cc(Cl)cn1C. The zero-order chi connectivity index (χ0) is 19.1. The second-order valence-corrected chi connectivity index (χ2v) is 6.53. The van der Waals surface area contributed by atoms with Crippen LogP contribution >= 0.6 is 11.6 Å². The Morgan fingerprint density at radius 1 is 1.38 bits per heavy atom. The normalized spacial score (nSPS) is 11.5. The molecule has 2 rings (SSSR count). The van der Waals surface area contributed by atoms with Gasteiger partial charge in [-0.3, -0.25) is 4.99 Å². The summed E-state index contributed by atoms with van der Waals surface area (Å²) in [6.45, 7) is 4.09. The molecule has 0 atom stereocenters. The van der Waals surface area contributed by atoms with Crippen molar-refractivity contribution in [2.45, 2.75) is 19.9 Å². The second kappa shape index (κ2) is 9.38. The Morgan fingerprint density at radius 3 is 2.73 bits per heavy atom. The largest absolute Gasteiger partial charge is 0.508 e. The van der Waals surface area contributed by atoms with E-state index in [2.05, 4.69) is 15.2 Å². The van der Waals surface area contributed by atoms with Crippen LogP contribution in [0.5, 0.6) is 11.5 Å². The van der Waals surface area contributed by atoms with Gasteiger partial charge in [0.25, 0.3) is 0 Å². The minimum Gasteiger partial charge on any atom is -0.508 e. The first-order chi connectivity index (χ1) is 12.4. The van der Waals surface area contributed by atoms with Gasteiger partial charge in [-0.15, -0.1) is 0 Å². The first-order valence-corrected chi connectivity index (χ1v) is 8.98. The van der Waals surface area contributed by atoms with E-state index in [1.807, 2.05) is 50.0 Å². The van der Waals surface area contributed by atoms with Gasteiger partial charge in [0.05, 0.1) is 18.7 Å². The van der Waals surface area contributed by atoms with Crippen LogP contribution in [-0.2, 0) is 20.0 Å². The van der Waals surface area contributed by atoms with E-state index in [9.17, 15) is 5.11 Å². The molecule has 0 amide bonds. The highest BCUT2D eigenvalue weighted by Gasteiger charge is 2.10. The molecular weight excluding hydrogens is 352 g/mol. The van der Waals surface area contributed by atoms with Crippen LogP contribution in [0.3, 0.4) is 0 Å². The summed E-state index contributed by atoms with van der Waals surface area (Å²) in [5.41, 5.74) is 1.96. The molecular formula is C19H27ClN4O2. The molecule has 0 radical (unpaired) electrons. The van der Waals surface area contributed by atoms with Crippen molar-refractivity contribution < 1.29 is 9.84 Å². The molecule has 0 fully saturated rings. The van der Waals surface area contributed by atoms with Gasteiger partial charge >= 0.3 is 0 Å². The zero-order valence-electron chi connectivity index (χ0n) is 15.8. The summed E-state index contributed by atoms with van der Waals surface area (Å²) >= 11 is 6.06. The summed E-state index contributed by atoms with van der Waals surface area (Å²) in [5, 5.41) is 14.1. The zero-order valence-corrected chi connectivity index (χ0v) is 16.5. The first kappa shape index (κ1) is 20.0. The van der Waals surface area contributed by atoms with E-state index in [1.165, 1.54) is 0 Å². The maximum absolute atomic E-state index is 10.1. The van der Waals surface area contributed by atoms with Crippen molar-refractivity contribution in [3.05, 3.63) is 46.7 Å². The van der Waals surface area contributed by atoms with E-state index in [4.69, 9.17) is 16.3 Å². The lowest BCUT2D eigenvalue weighted by atomic mass is 10.1. The van der Waals surface area contributed by atoms with Crippen LogP contribution in [0.4, 0.5) is 0 Å². The number of aryl methyl sites for hydroxylation is 1. The molecule has 1 heterocycles. The van der Waals surface area contributed by atoms with Gasteiger partial charge in [0.2, 0.25) is 0 Å². The molecule has 0 aliphatic rings. The molecule has 7 heteroatoms. The third-order valence-electron chi connectivity index (χ3n) is 4.11. The van der Waals surface area contributed by atoms with E-state index in [-0.39, 0.29) is 5.75 Å². The number of phenolic OH excluding ortho intramolecular Hbond substituents is 1. The Bertz CT molecular complexity index is 758. The van der Waals surface area contributed by atoms with Gasteiger partial charge in [-0.05, 0) is 31.0 Å². The van der Waals surface area contributed by atoms with Crippen LogP contribution in [0.25, 0.3) is 0 Å². The number of nitrogens with zero attached hydrogens (tertiary/aromatic N) is 3. The lowest BCUT2D eigenvalue weighted by Crippen LogP contribution is -2.39. The molecule has 0 aliphatic carbocycles. The Labute approximate surface area is 160 Å². The van der Waals surface area contributed by atoms with Crippen LogP contribution in [0.1, 0.15) is 18.2 Å². The number of aromatic nitrogens is 1. The third-order valence-corrected chi connectivity index (χ3v) is 4.31. The predicted molar refractivity (Wildman–Crippen MR) is 106 cm³/mol. The van der Waals surface area contributed by atoms with Crippen LogP contribution in [0, 0.1) is 0 Å². The van der Waals surface area contributed by atoms with Gasteiger partial charge in [-0.25, -0.2) is 0 Å². The molecule has 0 aliphatic heterocycles. The summed E-state index contributed by atoms with van der Waals surface area (Å²) < 4.78 is 7.12. The Morgan fingerprint density at radius 2 is 2.15 bits per heavy atom. The van der Waals surface area contributed by atoms with Crippen molar-refractivity contribution in [2.24, 2.45) is 12.0 Å². The number of rotatable bonds is 7. The number of hydrogen-bond acceptors (Lipinski definition) is 3. The minimum atomic E-state index is 0.233. The van der Waals surface area contributed by atoms with E-state index in [0.717, 1.165) is 28.8 Å². The maximum Gasteiger partial charge on any atom is 0.194 e. The number of halogens is 1. The van der Waals surface area contributed by atoms with E-state index in [1.54, 1.807) is 13.2 Å². The van der Waals surface area contributed by atoms with Crippen molar-refractivity contribution in [3.8, 4) is 11.5 Å². The highest BCUT2D eigenvalue weighted by molar-refractivity contribution is 6.30. The fraction of sp³-hybridized carbons (Fsp3) is 0.421. The summed E-state index contributed by atoms with van der Waals surface area (Å²) in [4.78, 5) is 6.73. The molecule has 26 heavy (non-hydrogen) atoms. The van der Waals surface area contributed by atoms with Gasteiger partial charge in [-0.2, -0.15) is 0 Å². The number of benzene rings is 1. The number of aliphatic imine (C=N–C) groups is 1. The van der Waals surface area contributed by atoms with Crippen LogP contribution in [0.15, 0.2) is 35.5 Å². The fourth-order valence-corrected chi connectivity index (χ4v) is 2.95. The number of phenols is 1. The maximum atomic E-state index is 10.1. The molecule has 2 N–H and O–H groups in total. The van der Waals surface area contributed by atoms with E-state index in [0.29, 0.717) is 25.3 Å². The highest BCUT2D eigenvalue weighted by atomic mass is 35.5. The van der Waals surface area contributed by atoms with Gasteiger partial charge < -0.3 is 24.6 Å². The molecule has 0 spiro atoms. The Hall–Kier alpha value is -2.34. The monoisotopic (exact) mass is 378 g/mol. The first-order valence-electron chi connectivity index (χ1n) is 8.60. The third kappa shape index (κ3) is 5.33. The number of guanidine groups is 1. The standard InChI is InChI=1S/C19H27ClN4O2/c1-5-21-19(24(3)13-16-10-15(20)12-23(16)2)22-9-8-14-6-7-17(26-4)11-18(14)25/h6-7,10-12,25H,5,8-9,13H2,1-4H3,(H,21,22). The topological polar surface area (TPSA) is 62.0 Å². The molecule has 142 valence electrons. The van der Waals surface area contributed by atoms with Crippen molar-refractivity contribution in [1.82, 2.24) is 14.8 Å². The summed E-state index contributed by atoms with van der Waals surface area (Å²) in [6, 6.07) is 7.29. The van der Waals surface area contributed by atoms with Crippen molar-refractivity contribution in [3.63, 3.8) is 0 Å². The van der Waals surface area contributed by atoms with Gasteiger partial charge in [0, 0.05) is 45.1 Å². The Kier molecular flexibility index (Phi) is 7.21. The molecule has 1 aromatic heterocycles. The van der Waals surface area contributed by atoms with Crippen LogP contribution < -0.4 is 10.1 Å². The summed E-state index contributed by atoms with van der Waals surface area (Å²) in [6.07, 6.45) is 2.54. The number of ether oxygens (including phenoxy) is 1. The molecule has 2 aromatic rings. The lowest BCUT2D eigenvalue weighted by Gasteiger charge is -2.22. The van der Waals surface area contributed by atoms with Crippen molar-refractivity contribution >= 4 is 17.6 Å². The molecule has 0 bridgehead atoms. The number of hydrogen-bond donors (Lipinski definition) is 2. The molecule has 1 aromatic carbocycles. The molecule has 0 unspecified atom stereocenters. The van der Waals surface area contributed by atoms with E-state index < -0.39 is 0 Å². The summed E-state index contributed by atoms with van der Waals surface area (Å²) in [5.74, 6) is 1.69. The predicted octanol–water partition coefficient (Wildman–Crippen LogP) is 3.03. The van der Waals surface area contributed by atoms with E-state index >= 15 is 0 Å². The van der Waals surface area contributed by atoms with Crippen LogP contribution in [-0.4, -0.2) is 47.8 Å². The highest BCUT2D eigenvalue weighted by Crippen LogP contribution is 2.23. The second-order valence-electron chi connectivity index (χ2n) is 6.10. The lowest BCUT2D eigenvalue weighted by molar-refractivity contribution is 0.406. The number of methoxy groups -OCH3 is 1. The van der Waals surface area contributed by atoms with Crippen molar-refractivity contribution in [2.75, 3.05) is 27.2 Å². The van der Waals surface area contributed by atoms with Gasteiger partial charge in [0.1, 0.15) is 11.5 Å². The fourth-order valence-electron chi connectivity index (χ4n) is 2.68. The Balaban J connectivity index is 2.02. The molecule has 0 saturated carbocycles. The van der Waals surface area contributed by atoms with Crippen LogP contribution in [0.2, 0.25) is 5.02 Å². The number of nitrogens with one attached hydrogen (secondary N) is 1. The van der Waals surface area contributed by atoms with Gasteiger partial charge in [0.15, 0.2) is 5.96 Å².